The number of rotatable bonds is 3. The van der Waals surface area contributed by atoms with Crippen LogP contribution in [0, 0.1) is 0 Å². The second-order valence-corrected chi connectivity index (χ2v) is 7.22. The van der Waals surface area contributed by atoms with E-state index in [1.165, 1.54) is 11.1 Å². The summed E-state index contributed by atoms with van der Waals surface area (Å²) in [6, 6.07) is 2.11. The summed E-state index contributed by atoms with van der Waals surface area (Å²) in [4.78, 5) is 0. The van der Waals surface area contributed by atoms with E-state index in [1.54, 1.807) is 14.2 Å². The molecule has 0 atom stereocenters. The summed E-state index contributed by atoms with van der Waals surface area (Å²) in [5, 5.41) is 0. The molecule has 0 saturated carbocycles. The first-order valence-electron chi connectivity index (χ1n) is 7.71. The highest BCUT2D eigenvalue weighted by atomic mass is 16.5. The van der Waals surface area contributed by atoms with Gasteiger partial charge >= 0.3 is 0 Å². The Labute approximate surface area is 129 Å². The zero-order chi connectivity index (χ0) is 15.8. The SMILES string of the molecule is C/C=C\c1cc(OC)c2c(c1OC)C(C)(C)CCC2(C)C. The van der Waals surface area contributed by atoms with Crippen LogP contribution in [0.4, 0.5) is 0 Å². The molecule has 0 radical (unpaired) electrons. The second kappa shape index (κ2) is 5.40. The van der Waals surface area contributed by atoms with Crippen molar-refractivity contribution in [3.63, 3.8) is 0 Å². The van der Waals surface area contributed by atoms with Crippen LogP contribution in [-0.2, 0) is 10.8 Å². The molecule has 0 aliphatic heterocycles. The van der Waals surface area contributed by atoms with E-state index in [1.807, 2.05) is 13.0 Å². The molecule has 116 valence electrons. The summed E-state index contributed by atoms with van der Waals surface area (Å²) in [5.74, 6) is 1.98. The Balaban J connectivity index is 2.90. The molecule has 0 fully saturated rings. The molecule has 1 aromatic rings. The van der Waals surface area contributed by atoms with E-state index in [0.29, 0.717) is 0 Å². The lowest BCUT2D eigenvalue weighted by molar-refractivity contribution is 0.296. The zero-order valence-electron chi connectivity index (χ0n) is 14.5. The third-order valence-electron chi connectivity index (χ3n) is 4.77. The molecule has 0 spiro atoms. The van der Waals surface area contributed by atoms with Gasteiger partial charge in [-0.05, 0) is 36.7 Å². The highest BCUT2D eigenvalue weighted by Crippen LogP contribution is 2.53. The van der Waals surface area contributed by atoms with Crippen LogP contribution < -0.4 is 9.47 Å². The highest BCUT2D eigenvalue weighted by molar-refractivity contribution is 5.68. The fourth-order valence-electron chi connectivity index (χ4n) is 3.54. The van der Waals surface area contributed by atoms with Gasteiger partial charge in [-0.1, -0.05) is 39.8 Å². The second-order valence-electron chi connectivity index (χ2n) is 7.22. The van der Waals surface area contributed by atoms with Crippen molar-refractivity contribution < 1.29 is 9.47 Å². The van der Waals surface area contributed by atoms with Gasteiger partial charge in [0.15, 0.2) is 0 Å². The van der Waals surface area contributed by atoms with E-state index >= 15 is 0 Å². The molecule has 0 saturated heterocycles. The maximum Gasteiger partial charge on any atom is 0.130 e. The van der Waals surface area contributed by atoms with Gasteiger partial charge in [0.05, 0.1) is 14.2 Å². The Bertz CT molecular complexity index is 565. The third-order valence-corrected chi connectivity index (χ3v) is 4.77. The van der Waals surface area contributed by atoms with Gasteiger partial charge < -0.3 is 9.47 Å². The molecule has 1 aromatic carbocycles. The maximum atomic E-state index is 5.82. The van der Waals surface area contributed by atoms with Crippen molar-refractivity contribution in [1.82, 2.24) is 0 Å². The van der Waals surface area contributed by atoms with E-state index in [9.17, 15) is 0 Å². The molecule has 2 rings (SSSR count). The predicted molar refractivity (Wildman–Crippen MR) is 89.5 cm³/mol. The lowest BCUT2D eigenvalue weighted by Crippen LogP contribution is -2.35. The normalized spacial score (nSPS) is 19.4. The average molecular weight is 288 g/mol. The first-order valence-corrected chi connectivity index (χ1v) is 7.71. The Morgan fingerprint density at radius 2 is 1.52 bits per heavy atom. The number of hydrogen-bond acceptors (Lipinski definition) is 2. The van der Waals surface area contributed by atoms with Crippen molar-refractivity contribution in [2.24, 2.45) is 0 Å². The lowest BCUT2D eigenvalue weighted by Gasteiger charge is -2.43. The summed E-state index contributed by atoms with van der Waals surface area (Å²) in [6.45, 7) is 11.3. The van der Waals surface area contributed by atoms with Crippen LogP contribution >= 0.6 is 0 Å². The van der Waals surface area contributed by atoms with Crippen molar-refractivity contribution in [3.05, 3.63) is 28.8 Å². The molecule has 0 aromatic heterocycles. The summed E-state index contributed by atoms with van der Waals surface area (Å²) in [7, 11) is 3.53. The first-order chi connectivity index (χ1) is 9.78. The van der Waals surface area contributed by atoms with Crippen molar-refractivity contribution in [2.75, 3.05) is 14.2 Å². The fraction of sp³-hybridized carbons (Fsp3) is 0.579. The van der Waals surface area contributed by atoms with E-state index in [0.717, 1.165) is 29.9 Å². The number of benzene rings is 1. The minimum atomic E-state index is 0.0983. The van der Waals surface area contributed by atoms with Crippen LogP contribution in [0.1, 0.15) is 64.2 Å². The monoisotopic (exact) mass is 288 g/mol. The van der Waals surface area contributed by atoms with E-state index < -0.39 is 0 Å². The summed E-state index contributed by atoms with van der Waals surface area (Å²) >= 11 is 0. The number of fused-ring (bicyclic) bond motifs is 1. The molecule has 0 unspecified atom stereocenters. The maximum absolute atomic E-state index is 5.82. The van der Waals surface area contributed by atoms with E-state index in [4.69, 9.17) is 9.47 Å². The van der Waals surface area contributed by atoms with E-state index in [-0.39, 0.29) is 10.8 Å². The molecule has 0 heterocycles. The number of allylic oxidation sites excluding steroid dienone is 1. The topological polar surface area (TPSA) is 18.5 Å². The molecule has 21 heavy (non-hydrogen) atoms. The molecular weight excluding hydrogens is 260 g/mol. The molecule has 2 nitrogen and oxygen atoms in total. The van der Waals surface area contributed by atoms with Gasteiger partial charge in [-0.15, -0.1) is 0 Å². The van der Waals surface area contributed by atoms with Crippen LogP contribution in [0.25, 0.3) is 6.08 Å². The minimum Gasteiger partial charge on any atom is -0.496 e. The first kappa shape index (κ1) is 15.9. The van der Waals surface area contributed by atoms with Gasteiger partial charge in [0.2, 0.25) is 0 Å². The summed E-state index contributed by atoms with van der Waals surface area (Å²) < 4.78 is 11.6. The molecule has 1 aliphatic rings. The lowest BCUT2D eigenvalue weighted by atomic mass is 9.62. The Hall–Kier alpha value is -1.44. The van der Waals surface area contributed by atoms with Gasteiger partial charge in [0.25, 0.3) is 0 Å². The van der Waals surface area contributed by atoms with Gasteiger partial charge in [-0.2, -0.15) is 0 Å². The number of hydrogen-bond donors (Lipinski definition) is 0. The van der Waals surface area contributed by atoms with Crippen LogP contribution in [0.2, 0.25) is 0 Å². The van der Waals surface area contributed by atoms with Crippen molar-refractivity contribution >= 4 is 6.08 Å². The quantitative estimate of drug-likeness (QED) is 0.771. The van der Waals surface area contributed by atoms with Crippen LogP contribution in [0.5, 0.6) is 11.5 Å². The Kier molecular flexibility index (Phi) is 4.10. The van der Waals surface area contributed by atoms with Crippen LogP contribution in [0.3, 0.4) is 0 Å². The molecular formula is C19H28O2. The standard InChI is InChI=1S/C19H28O2/c1-8-9-13-12-14(20-6)15-16(17(13)21-7)19(4,5)11-10-18(15,2)3/h8-9,12H,10-11H2,1-7H3/b9-8-. The summed E-state index contributed by atoms with van der Waals surface area (Å²) in [6.07, 6.45) is 6.46. The molecule has 0 amide bonds. The molecule has 2 heteroatoms. The minimum absolute atomic E-state index is 0.0983. The number of methoxy groups -OCH3 is 2. The molecule has 0 N–H and O–H groups in total. The number of ether oxygens (including phenoxy) is 2. The predicted octanol–water partition coefficient (Wildman–Crippen LogP) is 5.09. The largest absolute Gasteiger partial charge is 0.496 e. The smallest absolute Gasteiger partial charge is 0.130 e. The van der Waals surface area contributed by atoms with Crippen LogP contribution in [-0.4, -0.2) is 14.2 Å². The Morgan fingerprint density at radius 1 is 0.952 bits per heavy atom. The fourth-order valence-corrected chi connectivity index (χ4v) is 3.54. The van der Waals surface area contributed by atoms with Crippen molar-refractivity contribution in [1.29, 1.82) is 0 Å². The van der Waals surface area contributed by atoms with Gasteiger partial charge in [-0.25, -0.2) is 0 Å². The van der Waals surface area contributed by atoms with Gasteiger partial charge in [0, 0.05) is 16.7 Å². The van der Waals surface area contributed by atoms with Crippen molar-refractivity contribution in [2.45, 2.75) is 58.3 Å². The van der Waals surface area contributed by atoms with Gasteiger partial charge in [-0.3, -0.25) is 0 Å². The zero-order valence-corrected chi connectivity index (χ0v) is 14.5. The Morgan fingerprint density at radius 3 is 2.00 bits per heavy atom. The van der Waals surface area contributed by atoms with Crippen molar-refractivity contribution in [3.8, 4) is 11.5 Å². The molecule has 0 bridgehead atoms. The van der Waals surface area contributed by atoms with Crippen LogP contribution in [0.15, 0.2) is 12.1 Å². The molecule has 1 aliphatic carbocycles. The van der Waals surface area contributed by atoms with E-state index in [2.05, 4.69) is 39.8 Å². The third kappa shape index (κ3) is 2.56. The highest BCUT2D eigenvalue weighted by Gasteiger charge is 2.42. The van der Waals surface area contributed by atoms with Gasteiger partial charge in [0.1, 0.15) is 11.5 Å². The average Bonchev–Trinajstić information content (AvgIpc) is 2.43. The summed E-state index contributed by atoms with van der Waals surface area (Å²) in [5.41, 5.74) is 3.93.